The lowest BCUT2D eigenvalue weighted by Crippen LogP contribution is -2.09. The number of fused-ring (bicyclic) bond motifs is 4. The van der Waals surface area contributed by atoms with Crippen molar-refractivity contribution in [3.05, 3.63) is 151 Å². The van der Waals surface area contributed by atoms with Gasteiger partial charge in [-0.05, 0) is 87.1 Å². The standard InChI is InChI=1S/C41H30N4O/c1-26-13-6-11-20-35(26)44-39(27(2)28-14-4-3-5-15-28)36-24-30(25-37(43-36)41-45-40-38(46-41)21-12-22-42-40)34-23-29-16-7-8-17-31(29)32-18-9-10-19-33(32)34/h3-26H,1-2H3/b39-27+,44-35?. The Kier molecular flexibility index (Phi) is 6.92. The lowest BCUT2D eigenvalue weighted by molar-refractivity contribution is 0.616. The summed E-state index contributed by atoms with van der Waals surface area (Å²) in [6.07, 6.45) is 10.1. The number of pyridine rings is 2. The summed E-state index contributed by atoms with van der Waals surface area (Å²) in [5.41, 5.74) is 8.52. The molecule has 4 aromatic carbocycles. The lowest BCUT2D eigenvalue weighted by atomic mass is 9.92. The Labute approximate surface area is 267 Å². The van der Waals surface area contributed by atoms with Gasteiger partial charge in [0.15, 0.2) is 11.2 Å². The molecule has 1 aliphatic rings. The van der Waals surface area contributed by atoms with Crippen molar-refractivity contribution in [2.75, 3.05) is 0 Å². The van der Waals surface area contributed by atoms with Crippen molar-refractivity contribution in [2.45, 2.75) is 13.8 Å². The Bertz CT molecular complexity index is 2360. The molecule has 0 N–H and O–H groups in total. The molecule has 7 aromatic rings. The molecule has 0 fully saturated rings. The van der Waals surface area contributed by atoms with E-state index in [0.717, 1.165) is 44.8 Å². The average Bonchev–Trinajstić information content (AvgIpc) is 3.56. The summed E-state index contributed by atoms with van der Waals surface area (Å²) < 4.78 is 6.24. The van der Waals surface area contributed by atoms with Crippen LogP contribution in [0.3, 0.4) is 0 Å². The van der Waals surface area contributed by atoms with Crippen LogP contribution in [0.15, 0.2) is 149 Å². The van der Waals surface area contributed by atoms with Gasteiger partial charge in [-0.25, -0.2) is 9.97 Å². The summed E-state index contributed by atoms with van der Waals surface area (Å²) in [6.45, 7) is 4.28. The van der Waals surface area contributed by atoms with E-state index < -0.39 is 0 Å². The number of nitrogens with zero attached hydrogens (tertiary/aromatic N) is 4. The van der Waals surface area contributed by atoms with Crippen LogP contribution in [0.5, 0.6) is 0 Å². The van der Waals surface area contributed by atoms with Gasteiger partial charge in [0.2, 0.25) is 5.89 Å². The highest BCUT2D eigenvalue weighted by Gasteiger charge is 2.20. The lowest BCUT2D eigenvalue weighted by Gasteiger charge is -2.16. The maximum Gasteiger partial charge on any atom is 0.247 e. The van der Waals surface area contributed by atoms with Gasteiger partial charge >= 0.3 is 0 Å². The van der Waals surface area contributed by atoms with Gasteiger partial charge in [-0.2, -0.15) is 4.98 Å². The minimum Gasteiger partial charge on any atom is -0.433 e. The first kappa shape index (κ1) is 27.6. The maximum absolute atomic E-state index is 6.24. The van der Waals surface area contributed by atoms with E-state index in [0.29, 0.717) is 22.8 Å². The Balaban J connectivity index is 1.44. The average molecular weight is 595 g/mol. The van der Waals surface area contributed by atoms with E-state index in [1.165, 1.54) is 16.2 Å². The van der Waals surface area contributed by atoms with Crippen LogP contribution in [-0.4, -0.2) is 20.7 Å². The summed E-state index contributed by atoms with van der Waals surface area (Å²) in [6, 6.07) is 37.7. The minimum absolute atomic E-state index is 0.166. The molecular weight excluding hydrogens is 564 g/mol. The zero-order valence-corrected chi connectivity index (χ0v) is 25.6. The number of oxazole rings is 1. The molecule has 5 heteroatoms. The first-order valence-corrected chi connectivity index (χ1v) is 15.5. The number of aromatic nitrogens is 3. The van der Waals surface area contributed by atoms with Gasteiger partial charge in [-0.1, -0.05) is 104 Å². The Morgan fingerprint density at radius 3 is 2.37 bits per heavy atom. The van der Waals surface area contributed by atoms with Crippen molar-refractivity contribution < 1.29 is 4.42 Å². The fourth-order valence-electron chi connectivity index (χ4n) is 6.15. The summed E-state index contributed by atoms with van der Waals surface area (Å²) in [4.78, 5) is 19.7. The first-order valence-electron chi connectivity index (χ1n) is 15.5. The highest BCUT2D eigenvalue weighted by Crippen LogP contribution is 2.38. The van der Waals surface area contributed by atoms with Crippen LogP contribution >= 0.6 is 0 Å². The van der Waals surface area contributed by atoms with Crippen LogP contribution in [-0.2, 0) is 0 Å². The molecule has 5 nitrogen and oxygen atoms in total. The molecule has 1 atom stereocenters. The minimum atomic E-state index is 0.166. The molecule has 1 unspecified atom stereocenters. The van der Waals surface area contributed by atoms with Crippen molar-refractivity contribution >= 4 is 49.8 Å². The van der Waals surface area contributed by atoms with Crippen LogP contribution in [0.2, 0.25) is 0 Å². The molecule has 220 valence electrons. The van der Waals surface area contributed by atoms with Crippen molar-refractivity contribution in [1.29, 1.82) is 0 Å². The van der Waals surface area contributed by atoms with Gasteiger partial charge in [0.25, 0.3) is 0 Å². The van der Waals surface area contributed by atoms with Crippen molar-refractivity contribution in [3.8, 4) is 22.7 Å². The van der Waals surface area contributed by atoms with Crippen LogP contribution < -0.4 is 0 Å². The third-order valence-electron chi connectivity index (χ3n) is 8.58. The Hall–Kier alpha value is -5.94. The van der Waals surface area contributed by atoms with Gasteiger partial charge in [0.05, 0.1) is 11.4 Å². The van der Waals surface area contributed by atoms with Crippen LogP contribution in [0.4, 0.5) is 0 Å². The molecule has 3 heterocycles. The molecule has 46 heavy (non-hydrogen) atoms. The molecule has 0 radical (unpaired) electrons. The summed E-state index contributed by atoms with van der Waals surface area (Å²) in [7, 11) is 0. The second kappa shape index (κ2) is 11.5. The van der Waals surface area contributed by atoms with Gasteiger partial charge in [0, 0.05) is 17.8 Å². The second-order valence-electron chi connectivity index (χ2n) is 11.6. The monoisotopic (exact) mass is 594 g/mol. The van der Waals surface area contributed by atoms with Gasteiger partial charge in [0.1, 0.15) is 5.69 Å². The molecule has 8 rings (SSSR count). The Morgan fingerprint density at radius 1 is 0.761 bits per heavy atom. The van der Waals surface area contributed by atoms with E-state index in [2.05, 4.69) is 128 Å². The number of rotatable bonds is 5. The zero-order chi connectivity index (χ0) is 31.0. The quantitative estimate of drug-likeness (QED) is 0.186. The molecule has 0 aliphatic heterocycles. The van der Waals surface area contributed by atoms with Crippen LogP contribution in [0.25, 0.3) is 66.8 Å². The molecule has 0 bridgehead atoms. The van der Waals surface area contributed by atoms with Crippen LogP contribution in [0, 0.1) is 5.92 Å². The van der Waals surface area contributed by atoms with Crippen molar-refractivity contribution in [2.24, 2.45) is 10.9 Å². The van der Waals surface area contributed by atoms with Crippen molar-refractivity contribution in [1.82, 2.24) is 15.0 Å². The topological polar surface area (TPSA) is 64.2 Å². The highest BCUT2D eigenvalue weighted by atomic mass is 16.3. The smallest absolute Gasteiger partial charge is 0.247 e. The largest absolute Gasteiger partial charge is 0.433 e. The zero-order valence-electron chi connectivity index (χ0n) is 25.6. The summed E-state index contributed by atoms with van der Waals surface area (Å²) >= 11 is 0. The van der Waals surface area contributed by atoms with Gasteiger partial charge < -0.3 is 4.42 Å². The number of benzene rings is 4. The molecule has 0 amide bonds. The predicted octanol–water partition coefficient (Wildman–Crippen LogP) is 10.3. The Morgan fingerprint density at radius 2 is 1.54 bits per heavy atom. The number of hydrogen-bond donors (Lipinski definition) is 0. The fraction of sp³-hybridized carbons (Fsp3) is 0.0732. The van der Waals surface area contributed by atoms with E-state index in [4.69, 9.17) is 19.4 Å². The number of aliphatic imine (C=N–C) groups is 1. The number of hydrogen-bond acceptors (Lipinski definition) is 5. The third-order valence-corrected chi connectivity index (χ3v) is 8.58. The van der Waals surface area contributed by atoms with E-state index in [1.807, 2.05) is 24.3 Å². The second-order valence-corrected chi connectivity index (χ2v) is 11.6. The van der Waals surface area contributed by atoms with Crippen LogP contribution in [0.1, 0.15) is 25.1 Å². The highest BCUT2D eigenvalue weighted by molar-refractivity contribution is 6.14. The van der Waals surface area contributed by atoms with Gasteiger partial charge in [-0.3, -0.25) is 4.99 Å². The summed E-state index contributed by atoms with van der Waals surface area (Å²) in [5, 5.41) is 4.76. The van der Waals surface area contributed by atoms with E-state index >= 15 is 0 Å². The van der Waals surface area contributed by atoms with E-state index in [9.17, 15) is 0 Å². The van der Waals surface area contributed by atoms with Gasteiger partial charge in [-0.15, -0.1) is 0 Å². The normalized spacial score (nSPS) is 16.0. The number of allylic oxidation sites excluding steroid dienone is 5. The van der Waals surface area contributed by atoms with Crippen molar-refractivity contribution in [3.63, 3.8) is 0 Å². The molecule has 0 spiro atoms. The van der Waals surface area contributed by atoms with E-state index in [-0.39, 0.29) is 5.92 Å². The molecule has 0 saturated carbocycles. The first-order chi connectivity index (χ1) is 22.6. The molecular formula is C41H30N4O. The fourth-order valence-corrected chi connectivity index (χ4v) is 6.15. The predicted molar refractivity (Wildman–Crippen MR) is 189 cm³/mol. The maximum atomic E-state index is 6.24. The third kappa shape index (κ3) is 5.02. The SMILES string of the molecule is C/C(=C(\N=C1C=CC=CC1C)c1cc(-c2cc3ccccc3c3ccccc23)cc(-c2nc3ncccc3o2)n1)c1ccccc1. The molecule has 3 aromatic heterocycles. The van der Waals surface area contributed by atoms with E-state index in [1.54, 1.807) is 6.20 Å². The summed E-state index contributed by atoms with van der Waals surface area (Å²) in [5.74, 6) is 0.582. The molecule has 1 aliphatic carbocycles. The molecule has 0 saturated heterocycles.